The third-order valence-electron chi connectivity index (χ3n) is 6.55. The summed E-state index contributed by atoms with van der Waals surface area (Å²) >= 11 is 6.22. The second-order valence-corrected chi connectivity index (χ2v) is 9.65. The lowest BCUT2D eigenvalue weighted by Gasteiger charge is -2.36. The Kier molecular flexibility index (Phi) is 6.18. The summed E-state index contributed by atoms with van der Waals surface area (Å²) in [5, 5.41) is 5.58. The van der Waals surface area contributed by atoms with E-state index in [9.17, 15) is 9.59 Å². The van der Waals surface area contributed by atoms with Gasteiger partial charge in [-0.05, 0) is 41.8 Å². The van der Waals surface area contributed by atoms with Gasteiger partial charge in [0.15, 0.2) is 0 Å². The number of pyridine rings is 1. The predicted molar refractivity (Wildman–Crippen MR) is 140 cm³/mol. The third kappa shape index (κ3) is 3.99. The van der Waals surface area contributed by atoms with E-state index in [2.05, 4.69) is 13.8 Å². The Bertz CT molecular complexity index is 1500. The van der Waals surface area contributed by atoms with Crippen LogP contribution in [0.25, 0.3) is 5.69 Å². The first kappa shape index (κ1) is 23.9. The summed E-state index contributed by atoms with van der Waals surface area (Å²) in [5.74, 6) is 0.695. The van der Waals surface area contributed by atoms with Gasteiger partial charge in [-0.15, -0.1) is 0 Å². The van der Waals surface area contributed by atoms with Gasteiger partial charge in [0.25, 0.3) is 0 Å². The highest BCUT2D eigenvalue weighted by Gasteiger charge is 2.40. The van der Waals surface area contributed by atoms with Crippen LogP contribution in [0.4, 0.5) is 5.69 Å². The molecule has 0 spiro atoms. The summed E-state index contributed by atoms with van der Waals surface area (Å²) in [5.41, 5.74) is 4.93. The van der Waals surface area contributed by atoms with Gasteiger partial charge in [-0.1, -0.05) is 49.7 Å². The molecule has 1 aliphatic heterocycles. The van der Waals surface area contributed by atoms with Crippen LogP contribution in [0.5, 0.6) is 5.75 Å². The number of methoxy groups -OCH3 is 1. The molecule has 4 aromatic rings. The molecular weight excluding hydrogens is 476 g/mol. The number of carbonyl (C=O) groups is 1. The van der Waals surface area contributed by atoms with Crippen LogP contribution in [0.2, 0.25) is 5.02 Å². The molecule has 1 unspecified atom stereocenters. The summed E-state index contributed by atoms with van der Waals surface area (Å²) in [7, 11) is 3.32. The fourth-order valence-corrected chi connectivity index (χ4v) is 5.07. The number of anilines is 1. The van der Waals surface area contributed by atoms with E-state index in [1.165, 1.54) is 10.6 Å². The van der Waals surface area contributed by atoms with Crippen molar-refractivity contribution in [1.82, 2.24) is 14.3 Å². The second kappa shape index (κ2) is 9.32. The highest BCUT2D eigenvalue weighted by atomic mass is 35.5. The number of para-hydroxylation sites is 2. The molecule has 0 radical (unpaired) electrons. The fourth-order valence-electron chi connectivity index (χ4n) is 4.94. The number of fused-ring (bicyclic) bond motifs is 1. The van der Waals surface area contributed by atoms with Gasteiger partial charge < -0.3 is 9.30 Å². The highest BCUT2D eigenvalue weighted by Crippen LogP contribution is 2.43. The van der Waals surface area contributed by atoms with E-state index < -0.39 is 6.04 Å². The minimum atomic E-state index is -0.447. The molecule has 2 aromatic carbocycles. The molecule has 8 heteroatoms. The van der Waals surface area contributed by atoms with Gasteiger partial charge in [0.05, 0.1) is 36.6 Å². The number of carbonyl (C=O) groups excluding carboxylic acids is 1. The van der Waals surface area contributed by atoms with E-state index in [-0.39, 0.29) is 23.8 Å². The molecule has 3 heterocycles. The molecule has 184 valence electrons. The van der Waals surface area contributed by atoms with Crippen molar-refractivity contribution >= 4 is 23.2 Å². The average Bonchev–Trinajstić information content (AvgIpc) is 3.24. The Morgan fingerprint density at radius 1 is 1.03 bits per heavy atom. The lowest BCUT2D eigenvalue weighted by Crippen LogP contribution is -2.41. The van der Waals surface area contributed by atoms with Crippen molar-refractivity contribution in [2.45, 2.75) is 32.2 Å². The van der Waals surface area contributed by atoms with Crippen LogP contribution in [-0.2, 0) is 18.3 Å². The second-order valence-electron chi connectivity index (χ2n) is 9.22. The standard InChI is InChI=1S/C28H27ClN4O3/c1-17(2)27-26-21(30-33(27)22-7-5-6-8-23(22)36-4)15-25(35)32(20-13-14-24(34)31(3)16-20)28(26)18-9-11-19(29)12-10-18/h5-14,16-17,28H,15H2,1-4H3. The highest BCUT2D eigenvalue weighted by molar-refractivity contribution is 6.30. The Hall–Kier alpha value is -3.84. The zero-order chi connectivity index (χ0) is 25.6. The first-order chi connectivity index (χ1) is 17.3. The number of benzene rings is 2. The van der Waals surface area contributed by atoms with Crippen molar-refractivity contribution in [2.24, 2.45) is 7.05 Å². The maximum atomic E-state index is 13.7. The van der Waals surface area contributed by atoms with E-state index in [1.54, 1.807) is 31.3 Å². The van der Waals surface area contributed by atoms with E-state index in [0.717, 1.165) is 28.2 Å². The van der Waals surface area contributed by atoms with Crippen LogP contribution in [0.15, 0.2) is 71.7 Å². The van der Waals surface area contributed by atoms with Gasteiger partial charge in [-0.3, -0.25) is 14.5 Å². The summed E-state index contributed by atoms with van der Waals surface area (Å²) in [6, 6.07) is 18.0. The molecule has 0 saturated carbocycles. The van der Waals surface area contributed by atoms with Crippen molar-refractivity contribution in [3.8, 4) is 11.4 Å². The summed E-state index contributed by atoms with van der Waals surface area (Å²) in [6.07, 6.45) is 1.85. The quantitative estimate of drug-likeness (QED) is 0.383. The summed E-state index contributed by atoms with van der Waals surface area (Å²) in [4.78, 5) is 27.6. The first-order valence-corrected chi connectivity index (χ1v) is 12.2. The number of ether oxygens (including phenoxy) is 1. The van der Waals surface area contributed by atoms with E-state index in [1.807, 2.05) is 53.2 Å². The molecule has 1 aliphatic rings. The average molecular weight is 503 g/mol. The zero-order valence-electron chi connectivity index (χ0n) is 20.6. The number of nitrogens with zero attached hydrogens (tertiary/aromatic N) is 4. The van der Waals surface area contributed by atoms with Crippen molar-refractivity contribution in [2.75, 3.05) is 12.0 Å². The number of halogens is 1. The minimum absolute atomic E-state index is 0.0937. The minimum Gasteiger partial charge on any atom is -0.494 e. The molecule has 5 rings (SSSR count). The first-order valence-electron chi connectivity index (χ1n) is 11.8. The lowest BCUT2D eigenvalue weighted by atomic mass is 9.87. The van der Waals surface area contributed by atoms with Crippen molar-refractivity contribution in [1.29, 1.82) is 0 Å². The molecule has 0 bridgehead atoms. The van der Waals surface area contributed by atoms with Gasteiger partial charge in [0.2, 0.25) is 11.5 Å². The van der Waals surface area contributed by atoms with Crippen LogP contribution < -0.4 is 15.2 Å². The van der Waals surface area contributed by atoms with Crippen LogP contribution in [-0.4, -0.2) is 27.4 Å². The van der Waals surface area contributed by atoms with Crippen LogP contribution in [0, 0.1) is 0 Å². The Labute approximate surface area is 214 Å². The molecular formula is C28H27ClN4O3. The fraction of sp³-hybridized carbons (Fsp3) is 0.250. The van der Waals surface area contributed by atoms with Gasteiger partial charge >= 0.3 is 0 Å². The third-order valence-corrected chi connectivity index (χ3v) is 6.80. The largest absolute Gasteiger partial charge is 0.494 e. The lowest BCUT2D eigenvalue weighted by molar-refractivity contribution is -0.118. The van der Waals surface area contributed by atoms with Gasteiger partial charge in [-0.25, -0.2) is 4.68 Å². The number of rotatable bonds is 5. The Morgan fingerprint density at radius 2 is 1.75 bits per heavy atom. The summed E-state index contributed by atoms with van der Waals surface area (Å²) in [6.45, 7) is 4.24. The molecule has 2 aromatic heterocycles. The molecule has 0 saturated heterocycles. The topological polar surface area (TPSA) is 69.4 Å². The Balaban J connectivity index is 1.81. The van der Waals surface area contributed by atoms with E-state index in [0.29, 0.717) is 16.5 Å². The van der Waals surface area contributed by atoms with Crippen LogP contribution in [0.3, 0.4) is 0 Å². The van der Waals surface area contributed by atoms with Gasteiger partial charge in [0.1, 0.15) is 11.4 Å². The van der Waals surface area contributed by atoms with Crippen LogP contribution in [0.1, 0.15) is 48.3 Å². The van der Waals surface area contributed by atoms with Crippen molar-refractivity contribution < 1.29 is 9.53 Å². The number of hydrogen-bond acceptors (Lipinski definition) is 4. The number of amides is 1. The molecule has 0 fully saturated rings. The molecule has 36 heavy (non-hydrogen) atoms. The monoisotopic (exact) mass is 502 g/mol. The van der Waals surface area contributed by atoms with E-state index >= 15 is 0 Å². The predicted octanol–water partition coefficient (Wildman–Crippen LogP) is 5.04. The number of hydrogen-bond donors (Lipinski definition) is 0. The molecule has 0 aliphatic carbocycles. The van der Waals surface area contributed by atoms with Crippen LogP contribution >= 0.6 is 11.6 Å². The van der Waals surface area contributed by atoms with E-state index in [4.69, 9.17) is 21.4 Å². The zero-order valence-corrected chi connectivity index (χ0v) is 21.4. The molecule has 7 nitrogen and oxygen atoms in total. The van der Waals surface area contributed by atoms with Crippen molar-refractivity contribution in [3.63, 3.8) is 0 Å². The molecule has 0 N–H and O–H groups in total. The maximum Gasteiger partial charge on any atom is 0.250 e. The molecule has 1 atom stereocenters. The Morgan fingerprint density at radius 3 is 2.42 bits per heavy atom. The smallest absolute Gasteiger partial charge is 0.250 e. The number of aromatic nitrogens is 3. The summed E-state index contributed by atoms with van der Waals surface area (Å²) < 4.78 is 9.04. The van der Waals surface area contributed by atoms with Crippen molar-refractivity contribution in [3.05, 3.63) is 105 Å². The SMILES string of the molecule is COc1ccccc1-n1nc2c(c1C(C)C)C(c1ccc(Cl)cc1)N(c1ccc(=O)n(C)c1)C(=O)C2. The number of aryl methyl sites for hydroxylation is 1. The molecule has 1 amide bonds. The normalized spacial score (nSPS) is 15.3. The van der Waals surface area contributed by atoms with Gasteiger partial charge in [-0.2, -0.15) is 5.10 Å². The maximum absolute atomic E-state index is 13.7. The van der Waals surface area contributed by atoms with Gasteiger partial charge in [0, 0.05) is 29.9 Å².